The minimum atomic E-state index is -0.271. The van der Waals surface area contributed by atoms with E-state index >= 15 is 0 Å². The van der Waals surface area contributed by atoms with Crippen LogP contribution in [-0.2, 0) is 11.3 Å². The van der Waals surface area contributed by atoms with E-state index in [-0.39, 0.29) is 24.1 Å². The Kier molecular flexibility index (Phi) is 6.06. The van der Waals surface area contributed by atoms with Gasteiger partial charge in [-0.1, -0.05) is 53.2 Å². The SMILES string of the molecule is CCCN(C(=O)Cn1c(=O)cnc2ccccc21)C(C)c1ccccc1Br. The molecule has 1 amide bonds. The average Bonchev–Trinajstić information content (AvgIpc) is 2.68. The van der Waals surface area contributed by atoms with Crippen LogP contribution in [0.4, 0.5) is 0 Å². The molecule has 1 unspecified atom stereocenters. The number of hydrogen-bond acceptors (Lipinski definition) is 3. The number of carbonyl (C=O) groups is 1. The molecule has 0 aliphatic heterocycles. The van der Waals surface area contributed by atoms with Gasteiger partial charge >= 0.3 is 0 Å². The Morgan fingerprint density at radius 1 is 1.19 bits per heavy atom. The molecule has 0 radical (unpaired) electrons. The van der Waals surface area contributed by atoms with Crippen LogP contribution in [0.3, 0.4) is 0 Å². The number of para-hydroxylation sites is 2. The van der Waals surface area contributed by atoms with E-state index in [0.717, 1.165) is 16.5 Å². The molecule has 0 saturated carbocycles. The van der Waals surface area contributed by atoms with E-state index in [1.165, 1.54) is 10.8 Å². The molecule has 0 saturated heterocycles. The fourth-order valence-corrected chi connectivity index (χ4v) is 3.88. The lowest BCUT2D eigenvalue weighted by Crippen LogP contribution is -2.39. The number of fused-ring (bicyclic) bond motifs is 1. The summed E-state index contributed by atoms with van der Waals surface area (Å²) in [6.07, 6.45) is 2.11. The minimum absolute atomic E-state index is 0.00331. The molecule has 27 heavy (non-hydrogen) atoms. The number of amides is 1. The van der Waals surface area contributed by atoms with Gasteiger partial charge in [0.2, 0.25) is 5.91 Å². The molecule has 2 aromatic carbocycles. The topological polar surface area (TPSA) is 55.2 Å². The number of halogens is 1. The third-order valence-electron chi connectivity index (χ3n) is 4.65. The Labute approximate surface area is 166 Å². The van der Waals surface area contributed by atoms with Gasteiger partial charge in [-0.05, 0) is 37.1 Å². The molecule has 1 heterocycles. The molecular weight excluding hydrogens is 406 g/mol. The largest absolute Gasteiger partial charge is 0.334 e. The fraction of sp³-hybridized carbons (Fsp3) is 0.286. The van der Waals surface area contributed by atoms with Crippen LogP contribution >= 0.6 is 15.9 Å². The molecule has 0 bridgehead atoms. The standard InChI is InChI=1S/C21H22BrN3O2/c1-3-12-24(15(2)16-8-4-5-9-17(16)22)21(27)14-25-19-11-7-6-10-18(19)23-13-20(25)26/h4-11,13,15H,3,12,14H2,1-2H3. The van der Waals surface area contributed by atoms with Crippen molar-refractivity contribution in [3.8, 4) is 0 Å². The summed E-state index contributed by atoms with van der Waals surface area (Å²) in [5, 5.41) is 0. The molecule has 0 spiro atoms. The fourth-order valence-electron chi connectivity index (χ4n) is 3.26. The lowest BCUT2D eigenvalue weighted by molar-refractivity contribution is -0.134. The molecular formula is C21H22BrN3O2. The summed E-state index contributed by atoms with van der Waals surface area (Å²) in [5.41, 5.74) is 2.15. The first kappa shape index (κ1) is 19.3. The maximum Gasteiger partial charge on any atom is 0.269 e. The first-order valence-corrected chi connectivity index (χ1v) is 9.80. The Morgan fingerprint density at radius 3 is 2.63 bits per heavy atom. The maximum atomic E-state index is 13.2. The van der Waals surface area contributed by atoms with E-state index < -0.39 is 0 Å². The third kappa shape index (κ3) is 4.11. The highest BCUT2D eigenvalue weighted by Crippen LogP contribution is 2.28. The summed E-state index contributed by atoms with van der Waals surface area (Å²) in [4.78, 5) is 31.5. The Morgan fingerprint density at radius 2 is 1.89 bits per heavy atom. The summed E-state index contributed by atoms with van der Waals surface area (Å²) in [6, 6.07) is 15.2. The van der Waals surface area contributed by atoms with E-state index in [2.05, 4.69) is 20.9 Å². The summed E-state index contributed by atoms with van der Waals surface area (Å²) in [5.74, 6) is -0.0847. The molecule has 1 aromatic heterocycles. The monoisotopic (exact) mass is 427 g/mol. The summed E-state index contributed by atoms with van der Waals surface area (Å²) >= 11 is 3.57. The van der Waals surface area contributed by atoms with E-state index in [9.17, 15) is 9.59 Å². The second kappa shape index (κ2) is 8.48. The average molecular weight is 428 g/mol. The van der Waals surface area contributed by atoms with Crippen molar-refractivity contribution >= 4 is 32.9 Å². The van der Waals surface area contributed by atoms with Crippen molar-refractivity contribution in [1.82, 2.24) is 14.5 Å². The van der Waals surface area contributed by atoms with E-state index in [0.29, 0.717) is 17.6 Å². The van der Waals surface area contributed by atoms with Crippen LogP contribution in [-0.4, -0.2) is 26.9 Å². The highest BCUT2D eigenvalue weighted by Gasteiger charge is 2.23. The van der Waals surface area contributed by atoms with Gasteiger partial charge in [0.1, 0.15) is 6.54 Å². The lowest BCUT2D eigenvalue weighted by Gasteiger charge is -2.30. The van der Waals surface area contributed by atoms with Crippen molar-refractivity contribution in [2.45, 2.75) is 32.9 Å². The molecule has 0 aliphatic carbocycles. The van der Waals surface area contributed by atoms with Gasteiger partial charge in [-0.15, -0.1) is 0 Å². The molecule has 5 nitrogen and oxygen atoms in total. The van der Waals surface area contributed by atoms with E-state index in [1.54, 1.807) is 0 Å². The van der Waals surface area contributed by atoms with Crippen molar-refractivity contribution in [2.75, 3.05) is 6.54 Å². The number of carbonyl (C=O) groups excluding carboxylic acids is 1. The second-order valence-electron chi connectivity index (χ2n) is 6.46. The second-order valence-corrected chi connectivity index (χ2v) is 7.31. The Bertz CT molecular complexity index is 1020. The van der Waals surface area contributed by atoms with Gasteiger partial charge in [0, 0.05) is 11.0 Å². The third-order valence-corrected chi connectivity index (χ3v) is 5.38. The molecule has 0 aliphatic rings. The molecule has 0 fully saturated rings. The first-order valence-electron chi connectivity index (χ1n) is 9.01. The smallest absolute Gasteiger partial charge is 0.269 e. The van der Waals surface area contributed by atoms with Gasteiger partial charge in [0.05, 0.1) is 23.3 Å². The summed E-state index contributed by atoms with van der Waals surface area (Å²) in [7, 11) is 0. The molecule has 3 aromatic rings. The zero-order chi connectivity index (χ0) is 19.4. The predicted molar refractivity (Wildman–Crippen MR) is 111 cm³/mol. The number of aromatic nitrogens is 2. The van der Waals surface area contributed by atoms with Crippen LogP contribution in [0.2, 0.25) is 0 Å². The highest BCUT2D eigenvalue weighted by atomic mass is 79.9. The van der Waals surface area contributed by atoms with Crippen LogP contribution in [0.5, 0.6) is 0 Å². The zero-order valence-corrected chi connectivity index (χ0v) is 17.0. The predicted octanol–water partition coefficient (Wildman–Crippen LogP) is 4.16. The molecule has 3 rings (SSSR count). The number of rotatable bonds is 6. The van der Waals surface area contributed by atoms with Crippen LogP contribution in [0.1, 0.15) is 31.9 Å². The molecule has 1 atom stereocenters. The number of hydrogen-bond donors (Lipinski definition) is 0. The number of nitrogens with zero attached hydrogens (tertiary/aromatic N) is 3. The van der Waals surface area contributed by atoms with Gasteiger partial charge in [0.15, 0.2) is 0 Å². The summed E-state index contributed by atoms with van der Waals surface area (Å²) < 4.78 is 2.47. The van der Waals surface area contributed by atoms with Gasteiger partial charge in [0.25, 0.3) is 5.56 Å². The normalized spacial score (nSPS) is 12.1. The minimum Gasteiger partial charge on any atom is -0.334 e. The summed E-state index contributed by atoms with van der Waals surface area (Å²) in [6.45, 7) is 4.68. The molecule has 140 valence electrons. The van der Waals surface area contributed by atoms with E-state index in [1.807, 2.05) is 67.3 Å². The van der Waals surface area contributed by atoms with Crippen molar-refractivity contribution in [2.24, 2.45) is 0 Å². The van der Waals surface area contributed by atoms with Crippen LogP contribution in [0, 0.1) is 0 Å². The quantitative estimate of drug-likeness (QED) is 0.593. The molecule has 6 heteroatoms. The Balaban J connectivity index is 1.94. The van der Waals surface area contributed by atoms with Crippen molar-refractivity contribution in [1.29, 1.82) is 0 Å². The van der Waals surface area contributed by atoms with Gasteiger partial charge in [-0.3, -0.25) is 14.2 Å². The van der Waals surface area contributed by atoms with Gasteiger partial charge in [-0.25, -0.2) is 4.98 Å². The van der Waals surface area contributed by atoms with Gasteiger partial charge < -0.3 is 4.90 Å². The van der Waals surface area contributed by atoms with E-state index in [4.69, 9.17) is 0 Å². The first-order chi connectivity index (χ1) is 13.0. The van der Waals surface area contributed by atoms with Crippen LogP contribution in [0.15, 0.2) is 64.0 Å². The van der Waals surface area contributed by atoms with Crippen LogP contribution < -0.4 is 5.56 Å². The van der Waals surface area contributed by atoms with Crippen molar-refractivity contribution < 1.29 is 4.79 Å². The number of benzene rings is 2. The van der Waals surface area contributed by atoms with Crippen LogP contribution in [0.25, 0.3) is 11.0 Å². The maximum absolute atomic E-state index is 13.2. The Hall–Kier alpha value is -2.47. The van der Waals surface area contributed by atoms with Crippen molar-refractivity contribution in [3.63, 3.8) is 0 Å². The van der Waals surface area contributed by atoms with Gasteiger partial charge in [-0.2, -0.15) is 0 Å². The highest BCUT2D eigenvalue weighted by molar-refractivity contribution is 9.10. The zero-order valence-electron chi connectivity index (χ0n) is 15.4. The van der Waals surface area contributed by atoms with Crippen molar-refractivity contribution in [3.05, 3.63) is 75.1 Å². The molecule has 0 N–H and O–H groups in total. The lowest BCUT2D eigenvalue weighted by atomic mass is 10.1.